The van der Waals surface area contributed by atoms with E-state index in [-0.39, 0.29) is 6.04 Å². The summed E-state index contributed by atoms with van der Waals surface area (Å²) in [6, 6.07) is 15.3. The van der Waals surface area contributed by atoms with E-state index in [2.05, 4.69) is 20.3 Å². The molecule has 1 saturated heterocycles. The molecule has 1 fully saturated rings. The van der Waals surface area contributed by atoms with Gasteiger partial charge in [0.1, 0.15) is 11.5 Å². The number of H-pyrrole nitrogens is 1. The number of piperidine rings is 1. The first-order valence-electron chi connectivity index (χ1n) is 10.7. The minimum atomic E-state index is -3.52. The minimum absolute atomic E-state index is 0.217. The quantitative estimate of drug-likeness (QED) is 0.479. The summed E-state index contributed by atoms with van der Waals surface area (Å²) in [6.45, 7) is 2.98. The lowest BCUT2D eigenvalue weighted by Gasteiger charge is -2.32. The number of fused-ring (bicyclic) bond motifs is 1. The van der Waals surface area contributed by atoms with Crippen LogP contribution in [0.15, 0.2) is 72.0 Å². The summed E-state index contributed by atoms with van der Waals surface area (Å²) in [5.41, 5.74) is 3.85. The molecule has 1 aliphatic rings. The smallest absolute Gasteiger partial charge is 0.243 e. The van der Waals surface area contributed by atoms with Crippen molar-refractivity contribution in [1.82, 2.24) is 19.3 Å². The van der Waals surface area contributed by atoms with Crippen molar-refractivity contribution in [2.45, 2.75) is 30.7 Å². The first kappa shape index (κ1) is 20.7. The average molecular weight is 448 g/mol. The van der Waals surface area contributed by atoms with Crippen LogP contribution in [0.1, 0.15) is 18.4 Å². The zero-order chi connectivity index (χ0) is 22.1. The lowest BCUT2D eigenvalue weighted by Crippen LogP contribution is -2.42. The first-order chi connectivity index (χ1) is 15.5. The number of anilines is 1. The number of aromatic nitrogens is 3. The third-order valence-electron chi connectivity index (χ3n) is 5.94. The molecule has 3 aromatic heterocycles. The van der Waals surface area contributed by atoms with Crippen LogP contribution in [0, 0.1) is 6.92 Å². The molecule has 0 radical (unpaired) electrons. The standard InChI is InChI=1S/C24H25N5O2S/c1-17-2-7-23(26-15-17)28-21-9-12-29(13-10-21)32(30,31)22-5-3-18(4-6-22)20-14-19-8-11-25-24(19)27-16-20/h2-8,11,14-16,21H,9-10,12-13H2,1H3,(H,25,27)(H,26,28). The molecule has 0 atom stereocenters. The van der Waals surface area contributed by atoms with Gasteiger partial charge in [0.05, 0.1) is 4.90 Å². The summed E-state index contributed by atoms with van der Waals surface area (Å²) in [4.78, 5) is 12.2. The first-order valence-corrected chi connectivity index (χ1v) is 12.2. The fourth-order valence-electron chi connectivity index (χ4n) is 4.07. The molecule has 164 valence electrons. The molecule has 0 unspecified atom stereocenters. The molecule has 5 rings (SSSR count). The predicted octanol–water partition coefficient (Wildman–Crippen LogP) is 4.20. The highest BCUT2D eigenvalue weighted by Gasteiger charge is 2.29. The highest BCUT2D eigenvalue weighted by Crippen LogP contribution is 2.26. The second-order valence-corrected chi connectivity index (χ2v) is 10.1. The Bertz CT molecular complexity index is 1320. The van der Waals surface area contributed by atoms with Gasteiger partial charge in [-0.25, -0.2) is 18.4 Å². The van der Waals surface area contributed by atoms with Gasteiger partial charge in [-0.2, -0.15) is 4.31 Å². The average Bonchev–Trinajstić information content (AvgIpc) is 3.29. The molecule has 0 spiro atoms. The second-order valence-electron chi connectivity index (χ2n) is 8.21. The molecule has 0 saturated carbocycles. The predicted molar refractivity (Wildman–Crippen MR) is 126 cm³/mol. The van der Waals surface area contributed by atoms with Crippen LogP contribution in [-0.4, -0.2) is 46.8 Å². The van der Waals surface area contributed by atoms with Gasteiger partial charge in [0.2, 0.25) is 10.0 Å². The van der Waals surface area contributed by atoms with Gasteiger partial charge in [-0.05, 0) is 61.2 Å². The van der Waals surface area contributed by atoms with Crippen molar-refractivity contribution in [3.05, 3.63) is 72.7 Å². The normalized spacial score (nSPS) is 15.8. The molecule has 0 amide bonds. The van der Waals surface area contributed by atoms with Crippen molar-refractivity contribution in [1.29, 1.82) is 0 Å². The Morgan fingerprint density at radius 1 is 0.969 bits per heavy atom. The highest BCUT2D eigenvalue weighted by atomic mass is 32.2. The van der Waals surface area contributed by atoms with Crippen LogP contribution in [0.3, 0.4) is 0 Å². The maximum Gasteiger partial charge on any atom is 0.243 e. The summed E-state index contributed by atoms with van der Waals surface area (Å²) in [5, 5.41) is 4.44. The molecule has 32 heavy (non-hydrogen) atoms. The molecule has 0 aliphatic carbocycles. The number of benzene rings is 1. The van der Waals surface area contributed by atoms with Crippen molar-refractivity contribution in [2.75, 3.05) is 18.4 Å². The Labute approximate surface area is 187 Å². The van der Waals surface area contributed by atoms with Crippen molar-refractivity contribution < 1.29 is 8.42 Å². The van der Waals surface area contributed by atoms with Gasteiger partial charge in [0.25, 0.3) is 0 Å². The van der Waals surface area contributed by atoms with Gasteiger partial charge in [-0.15, -0.1) is 0 Å². The zero-order valence-corrected chi connectivity index (χ0v) is 18.6. The largest absolute Gasteiger partial charge is 0.367 e. The SMILES string of the molecule is Cc1ccc(NC2CCN(S(=O)(=O)c3ccc(-c4cnc5[nH]ccc5c4)cc3)CC2)nc1. The van der Waals surface area contributed by atoms with E-state index in [1.165, 1.54) is 0 Å². The van der Waals surface area contributed by atoms with E-state index < -0.39 is 10.0 Å². The van der Waals surface area contributed by atoms with Crippen LogP contribution in [0.5, 0.6) is 0 Å². The van der Waals surface area contributed by atoms with Crippen LogP contribution in [-0.2, 0) is 10.0 Å². The molecule has 0 bridgehead atoms. The van der Waals surface area contributed by atoms with E-state index in [9.17, 15) is 8.42 Å². The zero-order valence-electron chi connectivity index (χ0n) is 17.8. The lowest BCUT2D eigenvalue weighted by molar-refractivity contribution is 0.329. The van der Waals surface area contributed by atoms with Crippen LogP contribution in [0.4, 0.5) is 5.82 Å². The van der Waals surface area contributed by atoms with E-state index in [4.69, 9.17) is 0 Å². The van der Waals surface area contributed by atoms with Crippen LogP contribution < -0.4 is 5.32 Å². The maximum atomic E-state index is 13.2. The van der Waals surface area contributed by atoms with Gasteiger partial charge in [0.15, 0.2) is 0 Å². The van der Waals surface area contributed by atoms with Gasteiger partial charge < -0.3 is 10.3 Å². The number of nitrogens with zero attached hydrogens (tertiary/aromatic N) is 3. The van der Waals surface area contributed by atoms with Gasteiger partial charge in [-0.3, -0.25) is 0 Å². The second kappa shape index (κ2) is 8.37. The molecule has 2 N–H and O–H groups in total. The van der Waals surface area contributed by atoms with E-state index in [0.29, 0.717) is 18.0 Å². The van der Waals surface area contributed by atoms with Crippen LogP contribution in [0.2, 0.25) is 0 Å². The molecule has 1 aliphatic heterocycles. The third-order valence-corrected chi connectivity index (χ3v) is 7.86. The Balaban J connectivity index is 1.26. The Morgan fingerprint density at radius 3 is 2.47 bits per heavy atom. The number of nitrogens with one attached hydrogen (secondary N) is 2. The van der Waals surface area contributed by atoms with Crippen molar-refractivity contribution in [3.63, 3.8) is 0 Å². The van der Waals surface area contributed by atoms with Crippen LogP contribution in [0.25, 0.3) is 22.2 Å². The number of aryl methyl sites for hydroxylation is 1. The highest BCUT2D eigenvalue weighted by molar-refractivity contribution is 7.89. The summed E-state index contributed by atoms with van der Waals surface area (Å²) < 4.78 is 27.9. The summed E-state index contributed by atoms with van der Waals surface area (Å²) in [5.74, 6) is 0.833. The Kier molecular flexibility index (Phi) is 5.40. The Hall–Kier alpha value is -3.23. The van der Waals surface area contributed by atoms with E-state index in [1.807, 2.05) is 55.7 Å². The van der Waals surface area contributed by atoms with E-state index >= 15 is 0 Å². The van der Waals surface area contributed by atoms with Gasteiger partial charge in [-0.1, -0.05) is 18.2 Å². The minimum Gasteiger partial charge on any atom is -0.367 e. The number of sulfonamides is 1. The van der Waals surface area contributed by atoms with Crippen LogP contribution >= 0.6 is 0 Å². The molecular weight excluding hydrogens is 422 g/mol. The monoisotopic (exact) mass is 447 g/mol. The number of hydrogen-bond donors (Lipinski definition) is 2. The summed E-state index contributed by atoms with van der Waals surface area (Å²) >= 11 is 0. The fourth-order valence-corrected chi connectivity index (χ4v) is 5.54. The number of pyridine rings is 2. The molecule has 1 aromatic carbocycles. The van der Waals surface area contributed by atoms with Crippen molar-refractivity contribution >= 4 is 26.9 Å². The number of aromatic amines is 1. The lowest BCUT2D eigenvalue weighted by atomic mass is 10.1. The molecule has 7 nitrogen and oxygen atoms in total. The van der Waals surface area contributed by atoms with E-state index in [1.54, 1.807) is 22.6 Å². The Morgan fingerprint density at radius 2 is 1.75 bits per heavy atom. The number of hydrogen-bond acceptors (Lipinski definition) is 5. The molecule has 8 heteroatoms. The van der Waals surface area contributed by atoms with Crippen molar-refractivity contribution in [2.24, 2.45) is 0 Å². The van der Waals surface area contributed by atoms with Crippen molar-refractivity contribution in [3.8, 4) is 11.1 Å². The van der Waals surface area contributed by atoms with Gasteiger partial charge in [0, 0.05) is 48.7 Å². The summed E-state index contributed by atoms with van der Waals surface area (Å²) in [7, 11) is -3.52. The summed E-state index contributed by atoms with van der Waals surface area (Å²) in [6.07, 6.45) is 6.97. The van der Waals surface area contributed by atoms with Gasteiger partial charge >= 0.3 is 0 Å². The topological polar surface area (TPSA) is 91.0 Å². The van der Waals surface area contributed by atoms with E-state index in [0.717, 1.165) is 46.4 Å². The molecule has 4 heterocycles. The maximum absolute atomic E-state index is 13.2. The fraction of sp³-hybridized carbons (Fsp3) is 0.250. The number of rotatable bonds is 5. The third kappa shape index (κ3) is 4.11. The molecule has 4 aromatic rings. The molecular formula is C24H25N5O2S.